The number of fused-ring (bicyclic) bond motifs is 1. The second kappa shape index (κ2) is 3.82. The molecule has 0 bridgehead atoms. The average molecular weight is 232 g/mol. The zero-order chi connectivity index (χ0) is 12.0. The van der Waals surface area contributed by atoms with Crippen LogP contribution in [0.1, 0.15) is 43.4 Å². The fourth-order valence-corrected chi connectivity index (χ4v) is 3.82. The summed E-state index contributed by atoms with van der Waals surface area (Å²) in [6.07, 6.45) is 3.52. The largest absolute Gasteiger partial charge is 0.390 e. The van der Waals surface area contributed by atoms with Gasteiger partial charge < -0.3 is 10.2 Å². The highest BCUT2D eigenvalue weighted by molar-refractivity contribution is 5.35. The molecule has 92 valence electrons. The third-order valence-electron chi connectivity index (χ3n) is 4.75. The van der Waals surface area contributed by atoms with E-state index >= 15 is 0 Å². The molecule has 1 saturated carbocycles. The van der Waals surface area contributed by atoms with Gasteiger partial charge in [0.15, 0.2) is 0 Å². The van der Waals surface area contributed by atoms with Crippen molar-refractivity contribution in [1.82, 2.24) is 0 Å². The van der Waals surface area contributed by atoms with Gasteiger partial charge in [0.25, 0.3) is 0 Å². The maximum absolute atomic E-state index is 10.4. The van der Waals surface area contributed by atoms with Crippen molar-refractivity contribution in [3.63, 3.8) is 0 Å². The number of aliphatic hydroxyl groups excluding tert-OH is 1. The van der Waals surface area contributed by atoms with Crippen LogP contribution in [0.25, 0.3) is 0 Å². The van der Waals surface area contributed by atoms with Crippen molar-refractivity contribution < 1.29 is 10.2 Å². The van der Waals surface area contributed by atoms with Gasteiger partial charge in [0.05, 0.1) is 11.7 Å². The van der Waals surface area contributed by atoms with Crippen LogP contribution < -0.4 is 0 Å². The molecule has 0 aliphatic heterocycles. The molecule has 0 amide bonds. The van der Waals surface area contributed by atoms with E-state index in [1.54, 1.807) is 0 Å². The molecule has 1 fully saturated rings. The van der Waals surface area contributed by atoms with E-state index in [1.807, 2.05) is 25.1 Å². The molecule has 0 radical (unpaired) electrons. The third kappa shape index (κ3) is 1.71. The van der Waals surface area contributed by atoms with Crippen LogP contribution in [0.3, 0.4) is 0 Å². The lowest BCUT2D eigenvalue weighted by molar-refractivity contribution is -0.0339. The first-order valence-corrected chi connectivity index (χ1v) is 6.58. The van der Waals surface area contributed by atoms with Gasteiger partial charge in [0.1, 0.15) is 0 Å². The normalized spacial score (nSPS) is 40.5. The molecule has 0 saturated heterocycles. The third-order valence-corrected chi connectivity index (χ3v) is 4.75. The predicted octanol–water partition coefficient (Wildman–Crippen LogP) is 2.44. The summed E-state index contributed by atoms with van der Waals surface area (Å²) in [5.74, 6) is 0.440. The summed E-state index contributed by atoms with van der Waals surface area (Å²) in [5, 5.41) is 20.8. The first-order valence-electron chi connectivity index (χ1n) is 6.58. The molecule has 1 aromatic rings. The second-order valence-electron chi connectivity index (χ2n) is 5.87. The van der Waals surface area contributed by atoms with Crippen LogP contribution in [0.2, 0.25) is 0 Å². The van der Waals surface area contributed by atoms with E-state index in [9.17, 15) is 10.2 Å². The lowest BCUT2D eigenvalue weighted by Gasteiger charge is -2.32. The Labute approximate surface area is 102 Å². The molecule has 2 heteroatoms. The lowest BCUT2D eigenvalue weighted by Crippen LogP contribution is -2.36. The fraction of sp³-hybridized carbons (Fsp3) is 0.600. The SMILES string of the molecule is CC1(O)CCCC1C1Cc2ccccc2C1O. The van der Waals surface area contributed by atoms with Crippen LogP contribution in [-0.2, 0) is 6.42 Å². The molecule has 0 spiro atoms. The quantitative estimate of drug-likeness (QED) is 0.780. The Hall–Kier alpha value is -0.860. The molecule has 2 nitrogen and oxygen atoms in total. The summed E-state index contributed by atoms with van der Waals surface area (Å²) in [7, 11) is 0. The van der Waals surface area contributed by atoms with Crippen molar-refractivity contribution in [1.29, 1.82) is 0 Å². The molecule has 17 heavy (non-hydrogen) atoms. The summed E-state index contributed by atoms with van der Waals surface area (Å²) < 4.78 is 0. The maximum atomic E-state index is 10.4. The Balaban J connectivity index is 1.89. The summed E-state index contributed by atoms with van der Waals surface area (Å²) >= 11 is 0. The second-order valence-corrected chi connectivity index (χ2v) is 5.87. The Morgan fingerprint density at radius 2 is 2.06 bits per heavy atom. The van der Waals surface area contributed by atoms with E-state index in [4.69, 9.17) is 0 Å². The van der Waals surface area contributed by atoms with Crippen LogP contribution in [0.15, 0.2) is 24.3 Å². The van der Waals surface area contributed by atoms with E-state index in [1.165, 1.54) is 5.56 Å². The van der Waals surface area contributed by atoms with Crippen molar-refractivity contribution in [2.45, 2.75) is 44.3 Å². The van der Waals surface area contributed by atoms with E-state index in [0.717, 1.165) is 31.2 Å². The van der Waals surface area contributed by atoms with Gasteiger partial charge in [0.2, 0.25) is 0 Å². The summed E-state index contributed by atoms with van der Waals surface area (Å²) in [6, 6.07) is 8.13. The van der Waals surface area contributed by atoms with Gasteiger partial charge in [0, 0.05) is 0 Å². The smallest absolute Gasteiger partial charge is 0.0827 e. The van der Waals surface area contributed by atoms with E-state index in [-0.39, 0.29) is 17.9 Å². The van der Waals surface area contributed by atoms with E-state index in [0.29, 0.717) is 0 Å². The zero-order valence-electron chi connectivity index (χ0n) is 10.3. The highest BCUT2D eigenvalue weighted by Crippen LogP contribution is 2.49. The first-order chi connectivity index (χ1) is 8.09. The van der Waals surface area contributed by atoms with Crippen molar-refractivity contribution >= 4 is 0 Å². The average Bonchev–Trinajstić information content (AvgIpc) is 2.80. The molecule has 4 unspecified atom stereocenters. The number of rotatable bonds is 1. The minimum Gasteiger partial charge on any atom is -0.390 e. The molecule has 2 aliphatic rings. The highest BCUT2D eigenvalue weighted by Gasteiger charge is 2.46. The zero-order valence-corrected chi connectivity index (χ0v) is 10.3. The minimum atomic E-state index is -0.590. The molecule has 0 heterocycles. The standard InChI is InChI=1S/C15H20O2/c1-15(17)8-4-7-13(15)12-9-10-5-2-3-6-11(10)14(12)16/h2-3,5-6,12-14,16-17H,4,7-9H2,1H3. The van der Waals surface area contributed by atoms with Crippen LogP contribution >= 0.6 is 0 Å². The molecular weight excluding hydrogens is 212 g/mol. The minimum absolute atomic E-state index is 0.199. The molecule has 2 N–H and O–H groups in total. The number of hydrogen-bond acceptors (Lipinski definition) is 2. The van der Waals surface area contributed by atoms with Gasteiger partial charge in [-0.15, -0.1) is 0 Å². The van der Waals surface area contributed by atoms with Crippen molar-refractivity contribution in [3.8, 4) is 0 Å². The van der Waals surface area contributed by atoms with E-state index in [2.05, 4.69) is 6.07 Å². The van der Waals surface area contributed by atoms with Crippen LogP contribution in [0.5, 0.6) is 0 Å². The van der Waals surface area contributed by atoms with Gasteiger partial charge in [-0.1, -0.05) is 30.7 Å². The van der Waals surface area contributed by atoms with Crippen molar-refractivity contribution in [2.75, 3.05) is 0 Å². The lowest BCUT2D eigenvalue weighted by atomic mass is 9.79. The number of benzene rings is 1. The first kappa shape index (κ1) is 11.2. The molecule has 4 atom stereocenters. The van der Waals surface area contributed by atoms with Gasteiger partial charge in [-0.25, -0.2) is 0 Å². The molecule has 3 rings (SSSR count). The molecule has 1 aromatic carbocycles. The summed E-state index contributed by atoms with van der Waals surface area (Å²) in [4.78, 5) is 0. The van der Waals surface area contributed by atoms with Crippen LogP contribution in [0.4, 0.5) is 0 Å². The van der Waals surface area contributed by atoms with Crippen LogP contribution in [0, 0.1) is 11.8 Å². The predicted molar refractivity (Wildman–Crippen MR) is 66.6 cm³/mol. The van der Waals surface area contributed by atoms with Crippen molar-refractivity contribution in [3.05, 3.63) is 35.4 Å². The molecule has 0 aromatic heterocycles. The Bertz CT molecular complexity index is 425. The number of hydrogen-bond donors (Lipinski definition) is 2. The monoisotopic (exact) mass is 232 g/mol. The summed E-state index contributed by atoms with van der Waals surface area (Å²) in [6.45, 7) is 1.93. The maximum Gasteiger partial charge on any atom is 0.0827 e. The van der Waals surface area contributed by atoms with Gasteiger partial charge in [-0.05, 0) is 49.1 Å². The van der Waals surface area contributed by atoms with Gasteiger partial charge >= 0.3 is 0 Å². The van der Waals surface area contributed by atoms with Crippen LogP contribution in [-0.4, -0.2) is 15.8 Å². The highest BCUT2D eigenvalue weighted by atomic mass is 16.3. The Morgan fingerprint density at radius 3 is 2.71 bits per heavy atom. The number of aliphatic hydroxyl groups is 2. The van der Waals surface area contributed by atoms with Gasteiger partial charge in [-0.3, -0.25) is 0 Å². The summed E-state index contributed by atoms with van der Waals surface area (Å²) in [5.41, 5.74) is 1.74. The fourth-order valence-electron chi connectivity index (χ4n) is 3.82. The topological polar surface area (TPSA) is 40.5 Å². The van der Waals surface area contributed by atoms with Crippen molar-refractivity contribution in [2.24, 2.45) is 11.8 Å². The Kier molecular flexibility index (Phi) is 2.53. The van der Waals surface area contributed by atoms with Gasteiger partial charge in [-0.2, -0.15) is 0 Å². The van der Waals surface area contributed by atoms with E-state index < -0.39 is 5.60 Å². The Morgan fingerprint density at radius 1 is 1.29 bits per heavy atom. The molecule has 2 aliphatic carbocycles. The molecular formula is C15H20O2.